The van der Waals surface area contributed by atoms with Crippen LogP contribution in [0.15, 0.2) is 188 Å². The lowest BCUT2D eigenvalue weighted by molar-refractivity contribution is 0.785. The van der Waals surface area contributed by atoms with Crippen molar-refractivity contribution in [1.82, 2.24) is 0 Å². The van der Waals surface area contributed by atoms with Crippen molar-refractivity contribution in [1.29, 1.82) is 0 Å². The van der Waals surface area contributed by atoms with Crippen LogP contribution in [0.3, 0.4) is 0 Å². The molecule has 0 fully saturated rings. The maximum absolute atomic E-state index is 2.46. The zero-order chi connectivity index (χ0) is 30.7. The van der Waals surface area contributed by atoms with Gasteiger partial charge in [0.2, 0.25) is 0 Å². The predicted octanol–water partition coefficient (Wildman–Crippen LogP) is 12.2. The third kappa shape index (κ3) is 5.46. The number of nitrogens with zero attached hydrogens (tertiary/aromatic N) is 2. The highest BCUT2D eigenvalue weighted by Gasteiger charge is 2.20. The molecule has 2 nitrogen and oxygen atoms in total. The lowest BCUT2D eigenvalue weighted by atomic mass is 10.0. The molecule has 7 aromatic rings. The molecule has 0 spiro atoms. The van der Waals surface area contributed by atoms with Crippen LogP contribution in [0, 0.1) is 0 Å². The van der Waals surface area contributed by atoms with Crippen molar-refractivity contribution in [2.45, 2.75) is 12.5 Å². The summed E-state index contributed by atoms with van der Waals surface area (Å²) in [5.74, 6) is 0. The Morgan fingerprint density at radius 3 is 1.50 bits per heavy atom. The van der Waals surface area contributed by atoms with Crippen LogP contribution in [0.25, 0.3) is 32.7 Å². The quantitative estimate of drug-likeness (QED) is 0.182. The number of para-hydroxylation sites is 1. The lowest BCUT2D eigenvalue weighted by Gasteiger charge is -2.33. The van der Waals surface area contributed by atoms with E-state index in [2.05, 4.69) is 198 Å². The fourth-order valence-corrected chi connectivity index (χ4v) is 6.58. The van der Waals surface area contributed by atoms with Crippen LogP contribution < -0.4 is 9.80 Å². The summed E-state index contributed by atoms with van der Waals surface area (Å²) in [5.41, 5.74) is 8.19. The summed E-state index contributed by atoms with van der Waals surface area (Å²) in [6, 6.07) is 59.4. The van der Waals surface area contributed by atoms with Gasteiger partial charge in [0.25, 0.3) is 0 Å². The van der Waals surface area contributed by atoms with Gasteiger partial charge in [-0.25, -0.2) is 0 Å². The van der Waals surface area contributed by atoms with E-state index in [1.54, 1.807) is 0 Å². The van der Waals surface area contributed by atoms with E-state index in [0.29, 0.717) is 0 Å². The van der Waals surface area contributed by atoms with Crippen LogP contribution in [-0.2, 0) is 0 Å². The number of hydrogen-bond donors (Lipinski definition) is 0. The Kier molecular flexibility index (Phi) is 7.38. The van der Waals surface area contributed by atoms with Gasteiger partial charge in [-0.05, 0) is 99.8 Å². The number of rotatable bonds is 7. The van der Waals surface area contributed by atoms with E-state index in [4.69, 9.17) is 0 Å². The summed E-state index contributed by atoms with van der Waals surface area (Å²) in [4.78, 5) is 4.79. The minimum Gasteiger partial charge on any atom is -0.334 e. The molecule has 1 aliphatic carbocycles. The van der Waals surface area contributed by atoms with Gasteiger partial charge in [0, 0.05) is 28.4 Å². The van der Waals surface area contributed by atoms with Gasteiger partial charge in [-0.1, -0.05) is 127 Å². The molecule has 0 aliphatic heterocycles. The number of allylic oxidation sites excluding steroid dienone is 2. The molecular formula is C44H34N2. The summed E-state index contributed by atoms with van der Waals surface area (Å²) in [6.07, 6.45) is 9.83. The first-order valence-electron chi connectivity index (χ1n) is 16.0. The lowest BCUT2D eigenvalue weighted by Crippen LogP contribution is -2.29. The van der Waals surface area contributed by atoms with Gasteiger partial charge >= 0.3 is 0 Å². The normalized spacial score (nSPS) is 14.0. The standard InChI is InChI=1S/C44H34N2/c1-3-15-39(16-4-1)45(43-29-23-33-11-7-9-13-37(33)31-43)41-25-19-35(20-26-41)36-21-27-42(28-22-36)46(40-17-5-2-6-18-40)44-30-24-34-12-8-10-14-38(34)32-44/h1-17,19-32,40H,18H2. The Balaban J connectivity index is 1.11. The Labute approximate surface area is 270 Å². The Hall–Kier alpha value is -5.86. The molecule has 2 heteroatoms. The van der Waals surface area contributed by atoms with Crippen LogP contribution in [0.2, 0.25) is 0 Å². The first-order chi connectivity index (χ1) is 22.8. The second-order valence-electron chi connectivity index (χ2n) is 11.8. The molecule has 1 aliphatic rings. The molecule has 46 heavy (non-hydrogen) atoms. The molecule has 0 heterocycles. The molecule has 1 atom stereocenters. The highest BCUT2D eigenvalue weighted by Crippen LogP contribution is 2.38. The first-order valence-corrected chi connectivity index (χ1v) is 16.0. The second-order valence-corrected chi connectivity index (χ2v) is 11.8. The Morgan fingerprint density at radius 1 is 0.391 bits per heavy atom. The zero-order valence-corrected chi connectivity index (χ0v) is 25.6. The summed E-state index contributed by atoms with van der Waals surface area (Å²) in [5, 5.41) is 4.99. The molecule has 220 valence electrons. The van der Waals surface area contributed by atoms with Gasteiger partial charge in [-0.3, -0.25) is 0 Å². The van der Waals surface area contributed by atoms with E-state index in [0.717, 1.165) is 23.5 Å². The third-order valence-electron chi connectivity index (χ3n) is 8.91. The van der Waals surface area contributed by atoms with E-state index in [-0.39, 0.29) is 6.04 Å². The molecule has 0 saturated carbocycles. The summed E-state index contributed by atoms with van der Waals surface area (Å²) < 4.78 is 0. The van der Waals surface area contributed by atoms with E-state index in [1.165, 1.54) is 44.0 Å². The van der Waals surface area contributed by atoms with Crippen molar-refractivity contribution in [3.63, 3.8) is 0 Å². The Bertz CT molecular complexity index is 2180. The molecule has 0 radical (unpaired) electrons. The first kappa shape index (κ1) is 27.7. The number of anilines is 5. The van der Waals surface area contributed by atoms with Crippen LogP contribution in [0.5, 0.6) is 0 Å². The summed E-state index contributed by atoms with van der Waals surface area (Å²) >= 11 is 0. The van der Waals surface area contributed by atoms with Gasteiger partial charge in [-0.15, -0.1) is 0 Å². The fourth-order valence-electron chi connectivity index (χ4n) is 6.58. The van der Waals surface area contributed by atoms with Gasteiger partial charge in [0.15, 0.2) is 0 Å². The van der Waals surface area contributed by atoms with Crippen LogP contribution in [-0.4, -0.2) is 6.04 Å². The smallest absolute Gasteiger partial charge is 0.0559 e. The topological polar surface area (TPSA) is 6.48 Å². The van der Waals surface area contributed by atoms with Gasteiger partial charge in [0.1, 0.15) is 0 Å². The van der Waals surface area contributed by atoms with Gasteiger partial charge in [-0.2, -0.15) is 0 Å². The van der Waals surface area contributed by atoms with Crippen LogP contribution >= 0.6 is 0 Å². The molecular weight excluding hydrogens is 556 g/mol. The molecule has 0 aromatic heterocycles. The molecule has 0 N–H and O–H groups in total. The van der Waals surface area contributed by atoms with Crippen molar-refractivity contribution in [3.8, 4) is 11.1 Å². The maximum atomic E-state index is 2.46. The third-order valence-corrected chi connectivity index (χ3v) is 8.91. The SMILES string of the molecule is C1=CCC(N(c2ccc(-c3ccc(N(c4ccccc4)c4ccc5ccccc5c4)cc3)cc2)c2ccc3ccccc3c2)C=C1. The fraction of sp³-hybridized carbons (Fsp3) is 0.0455. The second kappa shape index (κ2) is 12.3. The highest BCUT2D eigenvalue weighted by atomic mass is 15.2. The van der Waals surface area contributed by atoms with Crippen LogP contribution in [0.1, 0.15) is 6.42 Å². The maximum Gasteiger partial charge on any atom is 0.0559 e. The van der Waals surface area contributed by atoms with Gasteiger partial charge in [0.05, 0.1) is 6.04 Å². The predicted molar refractivity (Wildman–Crippen MR) is 197 cm³/mol. The highest BCUT2D eigenvalue weighted by molar-refractivity contribution is 5.90. The molecule has 0 amide bonds. The monoisotopic (exact) mass is 590 g/mol. The van der Waals surface area contributed by atoms with Crippen LogP contribution in [0.4, 0.5) is 28.4 Å². The van der Waals surface area contributed by atoms with Crippen molar-refractivity contribution < 1.29 is 0 Å². The van der Waals surface area contributed by atoms with E-state index < -0.39 is 0 Å². The van der Waals surface area contributed by atoms with Crippen molar-refractivity contribution in [3.05, 3.63) is 188 Å². The average molecular weight is 591 g/mol. The van der Waals surface area contributed by atoms with Crippen molar-refractivity contribution in [2.24, 2.45) is 0 Å². The molecule has 1 unspecified atom stereocenters. The number of hydrogen-bond acceptors (Lipinski definition) is 2. The Morgan fingerprint density at radius 2 is 0.891 bits per heavy atom. The molecule has 0 bridgehead atoms. The molecule has 7 aromatic carbocycles. The largest absolute Gasteiger partial charge is 0.334 e. The average Bonchev–Trinajstić information content (AvgIpc) is 3.13. The molecule has 8 rings (SSSR count). The molecule has 0 saturated heterocycles. The van der Waals surface area contributed by atoms with Crippen molar-refractivity contribution in [2.75, 3.05) is 9.80 Å². The van der Waals surface area contributed by atoms with Gasteiger partial charge < -0.3 is 9.80 Å². The summed E-state index contributed by atoms with van der Waals surface area (Å²) in [7, 11) is 0. The summed E-state index contributed by atoms with van der Waals surface area (Å²) in [6.45, 7) is 0. The van der Waals surface area contributed by atoms with Crippen molar-refractivity contribution >= 4 is 50.0 Å². The zero-order valence-electron chi connectivity index (χ0n) is 25.6. The minimum absolute atomic E-state index is 0.260. The number of fused-ring (bicyclic) bond motifs is 2. The van der Waals surface area contributed by atoms with E-state index in [9.17, 15) is 0 Å². The number of benzene rings is 7. The van der Waals surface area contributed by atoms with E-state index in [1.807, 2.05) is 0 Å². The minimum atomic E-state index is 0.260. The van der Waals surface area contributed by atoms with E-state index >= 15 is 0 Å².